The lowest BCUT2D eigenvalue weighted by atomic mass is 10.0. The second kappa shape index (κ2) is 8.62. The van der Waals surface area contributed by atoms with Crippen molar-refractivity contribution in [1.29, 1.82) is 0 Å². The van der Waals surface area contributed by atoms with Crippen molar-refractivity contribution in [2.45, 2.75) is 51.1 Å². The van der Waals surface area contributed by atoms with E-state index in [9.17, 15) is 14.9 Å². The Morgan fingerprint density at radius 2 is 2.13 bits per heavy atom. The quantitative estimate of drug-likeness (QED) is 0.426. The van der Waals surface area contributed by atoms with Crippen LogP contribution in [-0.2, 0) is 4.79 Å². The zero-order valence-corrected chi connectivity index (χ0v) is 17.4. The number of likely N-dealkylation sites (N-methyl/N-ethyl adjacent to an activating group) is 1. The van der Waals surface area contributed by atoms with Crippen molar-refractivity contribution >= 4 is 35.3 Å². The third-order valence-electron chi connectivity index (χ3n) is 5.81. The number of nitrogens with zero attached hydrogens (tertiary/aromatic N) is 7. The van der Waals surface area contributed by atoms with Crippen LogP contribution in [0, 0.1) is 10.1 Å². The van der Waals surface area contributed by atoms with Crippen LogP contribution < -0.4 is 15.2 Å². The molecule has 0 bridgehead atoms. The van der Waals surface area contributed by atoms with Crippen LogP contribution >= 0.6 is 0 Å². The van der Waals surface area contributed by atoms with E-state index in [0.717, 1.165) is 25.7 Å². The van der Waals surface area contributed by atoms with Gasteiger partial charge in [0, 0.05) is 19.3 Å². The van der Waals surface area contributed by atoms with E-state index in [2.05, 4.69) is 30.4 Å². The van der Waals surface area contributed by atoms with Gasteiger partial charge in [-0.05, 0) is 25.3 Å². The zero-order chi connectivity index (χ0) is 22.0. The average molecular weight is 424 g/mol. The number of hydrogen-bond donors (Lipinski definition) is 1. The summed E-state index contributed by atoms with van der Waals surface area (Å²) < 4.78 is 0. The molecule has 1 amide bonds. The minimum atomic E-state index is -0.513. The molecule has 2 aliphatic rings. The molecular weight excluding hydrogens is 400 g/mol. The molecule has 1 atom stereocenters. The predicted molar refractivity (Wildman–Crippen MR) is 116 cm³/mol. The van der Waals surface area contributed by atoms with Gasteiger partial charge in [0.05, 0.1) is 22.9 Å². The maximum absolute atomic E-state index is 12.9. The maximum Gasteiger partial charge on any atom is 0.296 e. The molecule has 2 aromatic heterocycles. The van der Waals surface area contributed by atoms with Crippen molar-refractivity contribution in [2.75, 3.05) is 22.3 Å². The van der Waals surface area contributed by atoms with E-state index in [1.807, 2.05) is 6.92 Å². The molecule has 1 unspecified atom stereocenters. The molecule has 162 valence electrons. The lowest BCUT2D eigenvalue weighted by Crippen LogP contribution is -2.55. The van der Waals surface area contributed by atoms with Gasteiger partial charge in [-0.25, -0.2) is 10.4 Å². The fraction of sp³-hybridized carbons (Fsp3) is 0.450. The molecule has 1 saturated carbocycles. The Hall–Kier alpha value is -3.63. The fourth-order valence-electron chi connectivity index (χ4n) is 4.26. The van der Waals surface area contributed by atoms with Gasteiger partial charge in [0.15, 0.2) is 5.82 Å². The normalized spacial score (nSPS) is 19.2. The first-order chi connectivity index (χ1) is 15.0. The Bertz CT molecular complexity index is 1020. The van der Waals surface area contributed by atoms with Crippen molar-refractivity contribution in [3.63, 3.8) is 0 Å². The average Bonchev–Trinajstić information content (AvgIpc) is 3.30. The number of nitro groups is 1. The van der Waals surface area contributed by atoms with E-state index in [1.165, 1.54) is 24.7 Å². The van der Waals surface area contributed by atoms with Gasteiger partial charge >= 0.3 is 0 Å². The smallest absolute Gasteiger partial charge is 0.296 e. The van der Waals surface area contributed by atoms with Crippen molar-refractivity contribution in [3.05, 3.63) is 40.3 Å². The molecule has 1 N–H and O–H groups in total. The Morgan fingerprint density at radius 3 is 2.84 bits per heavy atom. The number of aromatic nitrogens is 3. The van der Waals surface area contributed by atoms with E-state index in [0.29, 0.717) is 23.5 Å². The van der Waals surface area contributed by atoms with Crippen LogP contribution in [0.2, 0.25) is 0 Å². The summed E-state index contributed by atoms with van der Waals surface area (Å²) in [5.74, 6) is 1.02. The number of fused-ring (bicyclic) bond motifs is 1. The summed E-state index contributed by atoms with van der Waals surface area (Å²) in [5, 5.41) is 15.2. The third-order valence-corrected chi connectivity index (χ3v) is 5.81. The summed E-state index contributed by atoms with van der Waals surface area (Å²) in [6.45, 7) is 2.01. The Labute approximate surface area is 179 Å². The number of carbonyl (C=O) groups excluding carboxylic acids is 1. The molecule has 11 heteroatoms. The van der Waals surface area contributed by atoms with E-state index < -0.39 is 4.92 Å². The van der Waals surface area contributed by atoms with Gasteiger partial charge < -0.3 is 9.80 Å². The lowest BCUT2D eigenvalue weighted by molar-refractivity contribution is -0.385. The number of hydrogen-bond acceptors (Lipinski definition) is 9. The second-order valence-electron chi connectivity index (χ2n) is 7.63. The van der Waals surface area contributed by atoms with Gasteiger partial charge in [0.25, 0.3) is 5.69 Å². The number of hydrazone groups is 1. The standard InChI is InChI=1S/C20H24N8O3/c1-3-15-19(29)26(2)17-12-22-20(24-18(17)27(15)14-6-4-5-7-14)25-23-10-13-8-9-21-11-16(13)28(30)31/h8-12,14-15H,3-7H2,1-2H3,(H,22,24,25). The molecule has 11 nitrogen and oxygen atoms in total. The van der Waals surface area contributed by atoms with Gasteiger partial charge in [-0.2, -0.15) is 10.1 Å². The molecule has 31 heavy (non-hydrogen) atoms. The molecule has 1 aliphatic heterocycles. The van der Waals surface area contributed by atoms with Crippen LogP contribution in [0.4, 0.5) is 23.1 Å². The molecular formula is C20H24N8O3. The minimum absolute atomic E-state index is 0.0502. The van der Waals surface area contributed by atoms with Gasteiger partial charge in [-0.1, -0.05) is 19.8 Å². The minimum Gasteiger partial charge on any atom is -0.340 e. The highest BCUT2D eigenvalue weighted by Crippen LogP contribution is 2.39. The summed E-state index contributed by atoms with van der Waals surface area (Å²) >= 11 is 0. The molecule has 3 heterocycles. The Morgan fingerprint density at radius 1 is 1.35 bits per heavy atom. The highest BCUT2D eigenvalue weighted by Gasteiger charge is 2.41. The molecule has 1 aliphatic carbocycles. The van der Waals surface area contributed by atoms with Crippen molar-refractivity contribution in [1.82, 2.24) is 15.0 Å². The fourth-order valence-corrected chi connectivity index (χ4v) is 4.26. The lowest BCUT2D eigenvalue weighted by Gasteiger charge is -2.43. The van der Waals surface area contributed by atoms with Gasteiger partial charge in [0.1, 0.15) is 17.9 Å². The summed E-state index contributed by atoms with van der Waals surface area (Å²) in [5.41, 5.74) is 3.59. The molecule has 0 spiro atoms. The summed E-state index contributed by atoms with van der Waals surface area (Å²) in [4.78, 5) is 40.0. The first-order valence-corrected chi connectivity index (χ1v) is 10.3. The molecule has 0 radical (unpaired) electrons. The van der Waals surface area contributed by atoms with Crippen molar-refractivity contribution in [2.24, 2.45) is 5.10 Å². The van der Waals surface area contributed by atoms with Crippen LogP contribution in [0.5, 0.6) is 0 Å². The number of nitrogens with one attached hydrogen (secondary N) is 1. The second-order valence-corrected chi connectivity index (χ2v) is 7.63. The highest BCUT2D eigenvalue weighted by atomic mass is 16.6. The van der Waals surface area contributed by atoms with Crippen LogP contribution in [0.25, 0.3) is 0 Å². The highest BCUT2D eigenvalue weighted by molar-refractivity contribution is 6.04. The zero-order valence-electron chi connectivity index (χ0n) is 17.4. The van der Waals surface area contributed by atoms with Gasteiger partial charge in [-0.3, -0.25) is 19.9 Å². The van der Waals surface area contributed by atoms with Gasteiger partial charge in [0.2, 0.25) is 11.9 Å². The summed E-state index contributed by atoms with van der Waals surface area (Å²) in [7, 11) is 1.74. The van der Waals surface area contributed by atoms with Crippen LogP contribution in [0.3, 0.4) is 0 Å². The molecule has 1 fully saturated rings. The van der Waals surface area contributed by atoms with E-state index in [4.69, 9.17) is 0 Å². The summed E-state index contributed by atoms with van der Waals surface area (Å²) in [6.07, 6.45) is 10.6. The SMILES string of the molecule is CCC1C(=O)N(C)c2cnc(NN=Cc3ccncc3[N+](=O)[O-])nc2N1C1CCCC1. The van der Waals surface area contributed by atoms with Crippen LogP contribution in [0.1, 0.15) is 44.6 Å². The summed E-state index contributed by atoms with van der Waals surface area (Å²) in [6, 6.07) is 1.52. The Kier molecular flexibility index (Phi) is 5.74. The number of amides is 1. The molecule has 0 aromatic carbocycles. The molecule has 0 saturated heterocycles. The first-order valence-electron chi connectivity index (χ1n) is 10.3. The number of anilines is 3. The number of pyridine rings is 1. The monoisotopic (exact) mass is 424 g/mol. The van der Waals surface area contributed by atoms with Crippen molar-refractivity contribution in [3.8, 4) is 0 Å². The van der Waals surface area contributed by atoms with Crippen LogP contribution in [-0.4, -0.2) is 51.1 Å². The molecule has 4 rings (SSSR count). The van der Waals surface area contributed by atoms with Crippen LogP contribution in [0.15, 0.2) is 29.8 Å². The van der Waals surface area contributed by atoms with Gasteiger partial charge in [-0.15, -0.1) is 0 Å². The largest absolute Gasteiger partial charge is 0.340 e. The van der Waals surface area contributed by atoms with E-state index >= 15 is 0 Å². The molecule has 2 aromatic rings. The predicted octanol–water partition coefficient (Wildman–Crippen LogP) is 2.73. The first kappa shape index (κ1) is 20.6. The third kappa shape index (κ3) is 3.90. The number of carbonyl (C=O) groups is 1. The topological polar surface area (TPSA) is 130 Å². The van der Waals surface area contributed by atoms with Crippen molar-refractivity contribution < 1.29 is 9.72 Å². The Balaban J connectivity index is 1.63. The maximum atomic E-state index is 12.9. The number of rotatable bonds is 6. The van der Waals surface area contributed by atoms with E-state index in [1.54, 1.807) is 18.1 Å². The van der Waals surface area contributed by atoms with E-state index in [-0.39, 0.29) is 29.6 Å².